The first-order valence-corrected chi connectivity index (χ1v) is 21.1. The summed E-state index contributed by atoms with van der Waals surface area (Å²) in [7, 11) is 0. The number of anilines is 3. The van der Waals surface area contributed by atoms with E-state index in [4.69, 9.17) is 53.8 Å². The van der Waals surface area contributed by atoms with Gasteiger partial charge < -0.3 is 29.6 Å². The minimum atomic E-state index is -4.35. The van der Waals surface area contributed by atoms with Crippen LogP contribution in [0.4, 0.5) is 59.2 Å². The van der Waals surface area contributed by atoms with E-state index >= 15 is 0 Å². The third-order valence-electron chi connectivity index (χ3n) is 9.63. The summed E-state index contributed by atoms with van der Waals surface area (Å²) in [5.41, 5.74) is 10.1. The molecule has 0 saturated heterocycles. The standard InChI is InChI=1S/C16H11ClF3N3O3.C16H13ClF3N3O.C13H6ClFN2O3/c17-10-2-4-14-12(8-10)22-15(26-14)9-1-3-11(13(7-9)23(24)25)21-6-5-16(18,19)20;17-10-2-4-14-13(8-10)23-15(24-14)9-1-3-12(11(21)7-9)22-6-5-16(18,19)20;14-8-2-4-12-10(6-8)16-13(20-12)7-1-3-9(15)11(5-7)17(18)19/h1-4,7-8,21H,5-6H2;1-4,7-8,22H,5-6,21H2;1-6H. The molecule has 0 atom stereocenters. The summed E-state index contributed by atoms with van der Waals surface area (Å²) in [5.74, 6) is -0.226. The fourth-order valence-corrected chi connectivity index (χ4v) is 6.86. The highest BCUT2D eigenvalue weighted by atomic mass is 35.5. The number of nitrogens with two attached hydrogens (primary N) is 1. The molecule has 0 aliphatic heterocycles. The van der Waals surface area contributed by atoms with Crippen molar-refractivity contribution >= 4 is 96.5 Å². The van der Waals surface area contributed by atoms with E-state index in [1.54, 1.807) is 72.8 Å². The molecule has 9 aromatic rings. The van der Waals surface area contributed by atoms with E-state index in [2.05, 4.69) is 25.6 Å². The number of nitro groups is 2. The van der Waals surface area contributed by atoms with Crippen LogP contribution in [0.25, 0.3) is 67.7 Å². The zero-order valence-electron chi connectivity index (χ0n) is 35.2. The Morgan fingerprint density at radius 3 is 1.30 bits per heavy atom. The molecular weight excluding hydrogens is 1000 g/mol. The summed E-state index contributed by atoms with van der Waals surface area (Å²) in [5, 5.41) is 28.6. The van der Waals surface area contributed by atoms with Crippen LogP contribution in [0.3, 0.4) is 0 Å². The van der Waals surface area contributed by atoms with Gasteiger partial charge in [-0.1, -0.05) is 34.8 Å². The van der Waals surface area contributed by atoms with Crippen molar-refractivity contribution in [2.24, 2.45) is 0 Å². The molecule has 362 valence electrons. The second-order valence-corrected chi connectivity index (χ2v) is 16.0. The molecule has 15 nitrogen and oxygen atoms in total. The summed E-state index contributed by atoms with van der Waals surface area (Å²) in [4.78, 5) is 33.2. The van der Waals surface area contributed by atoms with Gasteiger partial charge in [0.15, 0.2) is 16.7 Å². The first-order chi connectivity index (χ1) is 33.1. The van der Waals surface area contributed by atoms with Crippen molar-refractivity contribution in [2.75, 3.05) is 29.5 Å². The zero-order valence-corrected chi connectivity index (χ0v) is 37.4. The third kappa shape index (κ3) is 12.9. The molecule has 0 unspecified atom stereocenters. The van der Waals surface area contributed by atoms with Crippen LogP contribution < -0.4 is 16.4 Å². The van der Waals surface area contributed by atoms with Gasteiger partial charge in [0.1, 0.15) is 22.2 Å². The van der Waals surface area contributed by atoms with E-state index in [-0.39, 0.29) is 29.7 Å². The molecule has 70 heavy (non-hydrogen) atoms. The molecule has 0 spiro atoms. The average molecular weight is 1030 g/mol. The molecule has 25 heteroatoms. The number of hydrogen-bond acceptors (Lipinski definition) is 13. The predicted octanol–water partition coefficient (Wildman–Crippen LogP) is 14.7. The number of hydrogen-bond donors (Lipinski definition) is 3. The molecular formula is C45H30Cl3F7N8O7. The maximum Gasteiger partial charge on any atom is 0.390 e. The maximum absolute atomic E-state index is 13.3. The number of nitro benzene ring substituents is 2. The lowest BCUT2D eigenvalue weighted by molar-refractivity contribution is -0.387. The van der Waals surface area contributed by atoms with Crippen molar-refractivity contribution in [2.45, 2.75) is 25.2 Å². The molecule has 0 radical (unpaired) electrons. The molecule has 0 saturated carbocycles. The van der Waals surface area contributed by atoms with E-state index in [0.29, 0.717) is 82.3 Å². The number of fused-ring (bicyclic) bond motifs is 3. The topological polar surface area (TPSA) is 214 Å². The quantitative estimate of drug-likeness (QED) is 0.0476. The van der Waals surface area contributed by atoms with Crippen LogP contribution in [0.5, 0.6) is 0 Å². The Labute approximate surface area is 403 Å². The second kappa shape index (κ2) is 20.9. The molecule has 0 fully saturated rings. The van der Waals surface area contributed by atoms with Gasteiger partial charge in [-0.15, -0.1) is 0 Å². The summed E-state index contributed by atoms with van der Waals surface area (Å²) < 4.78 is 103. The lowest BCUT2D eigenvalue weighted by Crippen LogP contribution is -2.15. The number of nitrogens with zero attached hydrogens (tertiary/aromatic N) is 5. The van der Waals surface area contributed by atoms with E-state index in [1.165, 1.54) is 24.3 Å². The molecule has 0 aliphatic rings. The van der Waals surface area contributed by atoms with Gasteiger partial charge in [-0.25, -0.2) is 15.0 Å². The van der Waals surface area contributed by atoms with E-state index in [1.807, 2.05) is 0 Å². The second-order valence-electron chi connectivity index (χ2n) is 14.7. The number of aromatic nitrogens is 3. The van der Waals surface area contributed by atoms with Gasteiger partial charge in [0.25, 0.3) is 5.69 Å². The predicted molar refractivity (Wildman–Crippen MR) is 249 cm³/mol. The number of halogens is 10. The van der Waals surface area contributed by atoms with Crippen molar-refractivity contribution in [1.29, 1.82) is 0 Å². The van der Waals surface area contributed by atoms with Gasteiger partial charge in [-0.05, 0) is 97.1 Å². The van der Waals surface area contributed by atoms with Crippen molar-refractivity contribution in [3.63, 3.8) is 0 Å². The molecule has 3 heterocycles. The maximum atomic E-state index is 13.3. The highest BCUT2D eigenvalue weighted by molar-refractivity contribution is 6.31. The van der Waals surface area contributed by atoms with E-state index in [0.717, 1.165) is 12.1 Å². The molecule has 0 aliphatic carbocycles. The minimum Gasteiger partial charge on any atom is -0.436 e. The number of nitrogen functional groups attached to an aromatic ring is 1. The van der Waals surface area contributed by atoms with Crippen LogP contribution in [0.15, 0.2) is 122 Å². The Hall–Kier alpha value is -7.69. The number of rotatable bonds is 11. The van der Waals surface area contributed by atoms with Crippen LogP contribution in [0.1, 0.15) is 12.8 Å². The SMILES string of the molecule is Nc1cc(-c2nc3cc(Cl)ccc3o2)ccc1NCCC(F)(F)F.O=[N+]([O-])c1cc(-c2nc3cc(Cl)ccc3o2)ccc1F.O=[N+]([O-])c1cc(-c2nc3cc(Cl)ccc3o2)ccc1NCCC(F)(F)F. The largest absolute Gasteiger partial charge is 0.436 e. The monoisotopic (exact) mass is 1030 g/mol. The fraction of sp³-hybridized carbons (Fsp3) is 0.133. The van der Waals surface area contributed by atoms with E-state index in [9.17, 15) is 51.0 Å². The summed E-state index contributed by atoms with van der Waals surface area (Å²) in [6.07, 6.45) is -10.6. The summed E-state index contributed by atoms with van der Waals surface area (Å²) in [6, 6.07) is 27.2. The van der Waals surface area contributed by atoms with Crippen LogP contribution in [0, 0.1) is 26.0 Å². The van der Waals surface area contributed by atoms with Gasteiger partial charge in [0.05, 0.1) is 34.1 Å². The molecule has 4 N–H and O–H groups in total. The van der Waals surface area contributed by atoms with Crippen molar-refractivity contribution in [3.8, 4) is 34.4 Å². The molecule has 6 aromatic carbocycles. The van der Waals surface area contributed by atoms with Gasteiger partial charge in [0.2, 0.25) is 23.5 Å². The minimum absolute atomic E-state index is 0.0119. The Bertz CT molecular complexity index is 3380. The zero-order chi connectivity index (χ0) is 50.5. The lowest BCUT2D eigenvalue weighted by atomic mass is 10.1. The van der Waals surface area contributed by atoms with E-state index < -0.39 is 53.1 Å². The van der Waals surface area contributed by atoms with Crippen LogP contribution in [0.2, 0.25) is 15.1 Å². The van der Waals surface area contributed by atoms with Gasteiger partial charge >= 0.3 is 18.0 Å². The van der Waals surface area contributed by atoms with Crippen LogP contribution >= 0.6 is 34.8 Å². The Balaban J connectivity index is 0.000000156. The summed E-state index contributed by atoms with van der Waals surface area (Å²) >= 11 is 17.6. The molecule has 0 amide bonds. The smallest absolute Gasteiger partial charge is 0.390 e. The van der Waals surface area contributed by atoms with Gasteiger partial charge in [0, 0.05) is 57.0 Å². The lowest BCUT2D eigenvalue weighted by Gasteiger charge is -2.11. The number of oxazole rings is 3. The Kier molecular flexibility index (Phi) is 15.0. The fourth-order valence-electron chi connectivity index (χ4n) is 6.36. The molecule has 9 rings (SSSR count). The highest BCUT2D eigenvalue weighted by Gasteiger charge is 2.28. The molecule has 0 bridgehead atoms. The number of alkyl halides is 6. The average Bonchev–Trinajstić information content (AvgIpc) is 4.03. The highest BCUT2D eigenvalue weighted by Crippen LogP contribution is 2.35. The van der Waals surface area contributed by atoms with Crippen molar-refractivity contribution in [1.82, 2.24) is 15.0 Å². The Morgan fingerprint density at radius 2 is 0.900 bits per heavy atom. The van der Waals surface area contributed by atoms with Gasteiger partial charge in [-0.2, -0.15) is 30.7 Å². The van der Waals surface area contributed by atoms with Crippen LogP contribution in [-0.4, -0.2) is 50.2 Å². The van der Waals surface area contributed by atoms with Crippen LogP contribution in [-0.2, 0) is 0 Å². The Morgan fingerprint density at radius 1 is 0.529 bits per heavy atom. The number of benzene rings is 6. The number of nitrogens with one attached hydrogen (secondary N) is 2. The summed E-state index contributed by atoms with van der Waals surface area (Å²) in [6.45, 7) is -0.709. The molecule has 3 aromatic heterocycles. The van der Waals surface area contributed by atoms with Crippen molar-refractivity contribution in [3.05, 3.63) is 150 Å². The first kappa shape index (κ1) is 50.2. The van der Waals surface area contributed by atoms with Gasteiger partial charge in [-0.3, -0.25) is 20.2 Å². The van der Waals surface area contributed by atoms with Crippen molar-refractivity contribution < 1.29 is 53.8 Å². The normalized spacial score (nSPS) is 11.5. The third-order valence-corrected chi connectivity index (χ3v) is 10.3. The first-order valence-electron chi connectivity index (χ1n) is 20.0.